The second-order valence-electron chi connectivity index (χ2n) is 10.2. The number of carbonyl (C=O) groups is 1. The van der Waals surface area contributed by atoms with E-state index in [9.17, 15) is 4.79 Å². The first-order chi connectivity index (χ1) is 18.3. The van der Waals surface area contributed by atoms with Crippen molar-refractivity contribution in [3.05, 3.63) is 83.6 Å². The Morgan fingerprint density at radius 2 is 1.87 bits per heavy atom. The molecule has 3 aromatic rings. The van der Waals surface area contributed by atoms with Crippen molar-refractivity contribution >= 4 is 29.2 Å². The number of carbonyl (C=O) groups excluding carboxylic acids is 1. The fourth-order valence-corrected chi connectivity index (χ4v) is 4.89. The molecule has 0 saturated heterocycles. The van der Waals surface area contributed by atoms with Crippen molar-refractivity contribution in [3.8, 4) is 11.3 Å². The molecule has 0 bridgehead atoms. The summed E-state index contributed by atoms with van der Waals surface area (Å²) >= 11 is 0. The van der Waals surface area contributed by atoms with Crippen LogP contribution in [-0.2, 0) is 13.1 Å². The number of rotatable bonds is 7. The second-order valence-corrected chi connectivity index (χ2v) is 10.2. The van der Waals surface area contributed by atoms with E-state index in [0.29, 0.717) is 0 Å². The molecule has 0 spiro atoms. The molecule has 2 aromatic carbocycles. The normalized spacial score (nSPS) is 18.1. The first kappa shape index (κ1) is 25.5. The minimum atomic E-state index is -0.157. The van der Waals surface area contributed by atoms with E-state index in [1.165, 1.54) is 21.6 Å². The Morgan fingerprint density at radius 1 is 1.08 bits per heavy atom. The lowest BCUT2D eigenvalue weighted by molar-refractivity contribution is 0.230. The van der Waals surface area contributed by atoms with Crippen LogP contribution in [0, 0.1) is 5.92 Å². The molecule has 2 N–H and O–H groups in total. The maximum atomic E-state index is 12.0. The molecule has 1 aromatic heterocycles. The largest absolute Gasteiger partial charge is 0.363 e. The molecule has 2 aliphatic rings. The lowest BCUT2D eigenvalue weighted by Crippen LogP contribution is -2.28. The highest BCUT2D eigenvalue weighted by atomic mass is 16.2. The summed E-state index contributed by atoms with van der Waals surface area (Å²) in [6.45, 7) is 3.77. The third kappa shape index (κ3) is 5.26. The Labute approximate surface area is 224 Å². The predicted molar refractivity (Wildman–Crippen MR) is 155 cm³/mol. The lowest BCUT2D eigenvalue weighted by Gasteiger charge is -2.22. The van der Waals surface area contributed by atoms with E-state index in [1.807, 2.05) is 35.2 Å². The van der Waals surface area contributed by atoms with Crippen molar-refractivity contribution in [2.45, 2.75) is 26.2 Å². The molecule has 5 rings (SSSR count). The van der Waals surface area contributed by atoms with Crippen LogP contribution < -0.4 is 10.6 Å². The molecule has 8 heteroatoms. The van der Waals surface area contributed by atoms with Gasteiger partial charge in [0.25, 0.3) is 0 Å². The number of nitrogens with one attached hydrogen (secondary N) is 2. The molecule has 2 unspecified atom stereocenters. The summed E-state index contributed by atoms with van der Waals surface area (Å²) in [4.78, 5) is 20.5. The number of hydrogen-bond donors (Lipinski definition) is 2. The molecule has 0 saturated carbocycles. The minimum Gasteiger partial charge on any atom is -0.363 e. The van der Waals surface area contributed by atoms with Gasteiger partial charge in [0, 0.05) is 68.0 Å². The molecule has 2 amide bonds. The van der Waals surface area contributed by atoms with Gasteiger partial charge in [-0.05, 0) is 68.1 Å². The van der Waals surface area contributed by atoms with Gasteiger partial charge in [-0.25, -0.2) is 4.79 Å². The highest BCUT2D eigenvalue weighted by Crippen LogP contribution is 2.40. The van der Waals surface area contributed by atoms with Crippen LogP contribution in [0.1, 0.15) is 23.6 Å². The molecule has 196 valence electrons. The van der Waals surface area contributed by atoms with Crippen LogP contribution in [0.15, 0.2) is 71.9 Å². The average molecular weight is 510 g/mol. The second kappa shape index (κ2) is 10.7. The Morgan fingerprint density at radius 3 is 2.58 bits per heavy atom. The number of hydrogen-bond acceptors (Lipinski definition) is 5. The van der Waals surface area contributed by atoms with Crippen LogP contribution in [0.3, 0.4) is 0 Å². The van der Waals surface area contributed by atoms with Gasteiger partial charge in [0.1, 0.15) is 6.17 Å². The average Bonchev–Trinajstić information content (AvgIpc) is 3.53. The molecule has 38 heavy (non-hydrogen) atoms. The summed E-state index contributed by atoms with van der Waals surface area (Å²) in [6, 6.07) is 16.4. The number of amides is 2. The van der Waals surface area contributed by atoms with Gasteiger partial charge in [-0.2, -0.15) is 5.10 Å². The summed E-state index contributed by atoms with van der Waals surface area (Å²) in [5, 5.41) is 11.4. The Balaban J connectivity index is 1.46. The fourth-order valence-electron chi connectivity index (χ4n) is 4.89. The van der Waals surface area contributed by atoms with Crippen molar-refractivity contribution in [2.24, 2.45) is 10.9 Å². The monoisotopic (exact) mass is 509 g/mol. The molecular weight excluding hydrogens is 474 g/mol. The zero-order valence-corrected chi connectivity index (χ0v) is 22.6. The van der Waals surface area contributed by atoms with Crippen LogP contribution in [0.25, 0.3) is 22.5 Å². The fraction of sp³-hybridized carbons (Fsp3) is 0.300. The lowest BCUT2D eigenvalue weighted by atomic mass is 9.88. The maximum absolute atomic E-state index is 12.0. The van der Waals surface area contributed by atoms with Crippen molar-refractivity contribution in [2.75, 3.05) is 33.5 Å². The van der Waals surface area contributed by atoms with Crippen molar-refractivity contribution in [1.29, 1.82) is 0 Å². The van der Waals surface area contributed by atoms with Gasteiger partial charge >= 0.3 is 6.03 Å². The molecule has 8 nitrogen and oxygen atoms in total. The summed E-state index contributed by atoms with van der Waals surface area (Å²) in [7, 11) is 7.61. The minimum absolute atomic E-state index is 0.0519. The van der Waals surface area contributed by atoms with Crippen molar-refractivity contribution < 1.29 is 4.79 Å². The molecule has 0 aliphatic carbocycles. The number of aliphatic imine (C=N–C) groups is 1. The van der Waals surface area contributed by atoms with Crippen LogP contribution in [-0.4, -0.2) is 66.2 Å². The van der Waals surface area contributed by atoms with E-state index in [0.717, 1.165) is 41.3 Å². The zero-order chi connectivity index (χ0) is 26.8. The summed E-state index contributed by atoms with van der Waals surface area (Å²) in [5.41, 5.74) is 8.52. The smallest absolute Gasteiger partial charge is 0.321 e. The van der Waals surface area contributed by atoms with Crippen molar-refractivity contribution in [1.82, 2.24) is 24.9 Å². The van der Waals surface area contributed by atoms with E-state index >= 15 is 0 Å². The zero-order valence-electron chi connectivity index (χ0n) is 22.6. The third-order valence-electron chi connectivity index (χ3n) is 6.80. The maximum Gasteiger partial charge on any atom is 0.321 e. The number of allylic oxidation sites excluding steroid dienone is 1. The number of anilines is 1. The van der Waals surface area contributed by atoms with Gasteiger partial charge in [-0.1, -0.05) is 30.3 Å². The summed E-state index contributed by atoms with van der Waals surface area (Å²) in [5.74, 6) is 0.0967. The SMILES string of the molecule is CCn1cc(C2=CC=NC3NC(c4cccc(CN(C)C)c4)=CC23)c(-c2ccc(NC(=O)N(C)C)cc2)n1. The highest BCUT2D eigenvalue weighted by molar-refractivity contribution is 5.94. The molecule has 2 atom stereocenters. The number of nitrogens with zero attached hydrogens (tertiary/aromatic N) is 5. The number of aromatic nitrogens is 2. The van der Waals surface area contributed by atoms with Gasteiger partial charge in [0.2, 0.25) is 0 Å². The van der Waals surface area contributed by atoms with Crippen LogP contribution in [0.5, 0.6) is 0 Å². The first-order valence-corrected chi connectivity index (χ1v) is 12.9. The number of dihydropyridines is 1. The molecular formula is C30H35N7O. The van der Waals surface area contributed by atoms with E-state index < -0.39 is 0 Å². The first-order valence-electron chi connectivity index (χ1n) is 12.9. The van der Waals surface area contributed by atoms with Crippen LogP contribution in [0.4, 0.5) is 10.5 Å². The standard InChI is InChI=1S/C30H35N7O/c1-6-37-19-26(28(34-37)21-10-12-23(13-11-21)32-30(38)36(4)5)24-14-15-31-29-25(24)17-27(33-29)22-9-7-8-20(16-22)18-35(2)3/h7-17,19,25,29,33H,6,18H2,1-5H3,(H,32,38). The van der Waals surface area contributed by atoms with E-state index in [4.69, 9.17) is 10.1 Å². The van der Waals surface area contributed by atoms with Gasteiger partial charge in [0.05, 0.1) is 5.69 Å². The number of aryl methyl sites for hydroxylation is 1. The molecule has 2 aliphatic heterocycles. The van der Waals surface area contributed by atoms with Crippen LogP contribution in [0.2, 0.25) is 0 Å². The predicted octanol–water partition coefficient (Wildman–Crippen LogP) is 4.78. The Bertz CT molecular complexity index is 1410. The summed E-state index contributed by atoms with van der Waals surface area (Å²) < 4.78 is 1.98. The Hall–Kier alpha value is -4.17. The molecule has 0 radical (unpaired) electrons. The van der Waals surface area contributed by atoms with Gasteiger partial charge in [-0.15, -0.1) is 0 Å². The number of benzene rings is 2. The number of urea groups is 1. The summed E-state index contributed by atoms with van der Waals surface area (Å²) in [6.07, 6.45) is 8.38. The Kier molecular flexibility index (Phi) is 7.15. The van der Waals surface area contributed by atoms with E-state index in [-0.39, 0.29) is 18.1 Å². The number of fused-ring (bicyclic) bond motifs is 1. The molecule has 0 fully saturated rings. The van der Waals surface area contributed by atoms with E-state index in [1.54, 1.807) is 14.1 Å². The quantitative estimate of drug-likeness (QED) is 0.481. The van der Waals surface area contributed by atoms with Gasteiger partial charge in [0.15, 0.2) is 0 Å². The van der Waals surface area contributed by atoms with Crippen molar-refractivity contribution in [3.63, 3.8) is 0 Å². The van der Waals surface area contributed by atoms with Gasteiger partial charge < -0.3 is 20.4 Å². The van der Waals surface area contributed by atoms with Crippen LogP contribution >= 0.6 is 0 Å². The molecule has 3 heterocycles. The topological polar surface area (TPSA) is 77.8 Å². The van der Waals surface area contributed by atoms with E-state index in [2.05, 4.69) is 79.2 Å². The highest BCUT2D eigenvalue weighted by Gasteiger charge is 2.34. The third-order valence-corrected chi connectivity index (χ3v) is 6.80. The van der Waals surface area contributed by atoms with Gasteiger partial charge in [-0.3, -0.25) is 9.67 Å².